The third-order valence-electron chi connectivity index (χ3n) is 3.65. The van der Waals surface area contributed by atoms with Crippen LogP contribution in [-0.4, -0.2) is 28.6 Å². The lowest BCUT2D eigenvalue weighted by Crippen LogP contribution is -2.40. The van der Waals surface area contributed by atoms with Crippen molar-refractivity contribution in [2.24, 2.45) is 0 Å². The molecule has 1 heterocycles. The van der Waals surface area contributed by atoms with E-state index in [4.69, 9.17) is 0 Å². The van der Waals surface area contributed by atoms with E-state index in [0.29, 0.717) is 6.42 Å². The quantitative estimate of drug-likeness (QED) is 0.436. The van der Waals surface area contributed by atoms with Crippen molar-refractivity contribution in [2.75, 3.05) is 0 Å². The van der Waals surface area contributed by atoms with E-state index in [1.165, 1.54) is 6.92 Å². The minimum atomic E-state index is -4.18. The summed E-state index contributed by atoms with van der Waals surface area (Å²) in [5.41, 5.74) is -1.88. The molecule has 1 fully saturated rings. The highest BCUT2D eigenvalue weighted by molar-refractivity contribution is 5.11. The van der Waals surface area contributed by atoms with Crippen molar-refractivity contribution < 1.29 is 31.8 Å². The van der Waals surface area contributed by atoms with E-state index in [1.54, 1.807) is 0 Å². The van der Waals surface area contributed by atoms with Gasteiger partial charge >= 0.3 is 6.18 Å². The molecule has 19 heavy (non-hydrogen) atoms. The van der Waals surface area contributed by atoms with Gasteiger partial charge < -0.3 is 9.84 Å². The first-order valence-corrected chi connectivity index (χ1v) is 6.28. The zero-order valence-electron chi connectivity index (χ0n) is 11.0. The molecular formula is C12H19F5O2. The summed E-state index contributed by atoms with van der Waals surface area (Å²) in [5.74, 6) is -5.01. The van der Waals surface area contributed by atoms with Crippen LogP contribution in [-0.2, 0) is 4.74 Å². The smallest absolute Gasteiger partial charge is 0.363 e. The van der Waals surface area contributed by atoms with Gasteiger partial charge in [-0.25, -0.2) is 8.78 Å². The number of hydrogen-bond donors (Lipinski definition) is 1. The third-order valence-corrected chi connectivity index (χ3v) is 3.65. The van der Waals surface area contributed by atoms with Crippen molar-refractivity contribution in [1.29, 1.82) is 0 Å². The first-order valence-electron chi connectivity index (χ1n) is 6.28. The average Bonchev–Trinajstić information content (AvgIpc) is 2.72. The molecule has 2 atom stereocenters. The zero-order chi connectivity index (χ0) is 14.9. The molecule has 1 aliphatic rings. The normalized spacial score (nSPS) is 31.6. The van der Waals surface area contributed by atoms with Crippen molar-refractivity contribution in [1.82, 2.24) is 0 Å². The number of aliphatic hydroxyl groups is 1. The topological polar surface area (TPSA) is 32.8 Å². The molecule has 1 saturated heterocycles. The molecule has 0 aromatic carbocycles. The Bertz CT molecular complexity index is 314. The second kappa shape index (κ2) is 5.16. The minimum Gasteiger partial charge on any atom is -0.363 e. The highest BCUT2D eigenvalue weighted by atomic mass is 19.4. The molecule has 2 nitrogen and oxygen atoms in total. The van der Waals surface area contributed by atoms with Crippen LogP contribution in [0.5, 0.6) is 0 Å². The van der Waals surface area contributed by atoms with E-state index in [-0.39, 0.29) is 19.3 Å². The fourth-order valence-electron chi connectivity index (χ4n) is 2.05. The van der Waals surface area contributed by atoms with Gasteiger partial charge in [-0.1, -0.05) is 12.8 Å². The summed E-state index contributed by atoms with van der Waals surface area (Å²) in [7, 11) is 0. The van der Waals surface area contributed by atoms with Gasteiger partial charge in [0, 0.05) is 12.8 Å². The van der Waals surface area contributed by atoms with Crippen LogP contribution >= 0.6 is 0 Å². The Labute approximate surface area is 108 Å². The van der Waals surface area contributed by atoms with Crippen LogP contribution < -0.4 is 0 Å². The maximum Gasteiger partial charge on any atom is 0.389 e. The van der Waals surface area contributed by atoms with Gasteiger partial charge in [0.1, 0.15) is 0 Å². The van der Waals surface area contributed by atoms with Crippen molar-refractivity contribution in [2.45, 2.75) is 75.9 Å². The van der Waals surface area contributed by atoms with Crippen LogP contribution in [0.4, 0.5) is 22.0 Å². The van der Waals surface area contributed by atoms with Gasteiger partial charge in [0.2, 0.25) is 0 Å². The van der Waals surface area contributed by atoms with Gasteiger partial charge in [0.05, 0.1) is 0 Å². The molecule has 0 bridgehead atoms. The Morgan fingerprint density at radius 2 is 1.32 bits per heavy atom. The predicted octanol–water partition coefficient (Wildman–Crippen LogP) is 4.02. The highest BCUT2D eigenvalue weighted by Crippen LogP contribution is 2.56. The summed E-state index contributed by atoms with van der Waals surface area (Å²) in [6.07, 6.45) is -4.91. The van der Waals surface area contributed by atoms with E-state index in [0.717, 1.165) is 6.92 Å². The highest BCUT2D eigenvalue weighted by Gasteiger charge is 2.75. The number of hydrogen-bond acceptors (Lipinski definition) is 2. The molecule has 0 aromatic heterocycles. The molecule has 2 unspecified atom stereocenters. The molecular weight excluding hydrogens is 271 g/mol. The van der Waals surface area contributed by atoms with E-state index in [1.807, 2.05) is 0 Å². The first kappa shape index (κ1) is 16.6. The van der Waals surface area contributed by atoms with Crippen molar-refractivity contribution in [3.63, 3.8) is 0 Å². The summed E-state index contributed by atoms with van der Waals surface area (Å²) in [6.45, 7) is 2.31. The average molecular weight is 290 g/mol. The molecule has 1 aliphatic heterocycles. The largest absolute Gasteiger partial charge is 0.389 e. The standard InChI is InChI=1S/C12H19F5O2/c1-9(10(2,18)19-9)11(13,14)7-5-3-4-6-8-12(15,16)17/h18H,3-8H2,1-2H3. The van der Waals surface area contributed by atoms with Gasteiger partial charge in [-0.05, 0) is 26.7 Å². The van der Waals surface area contributed by atoms with Gasteiger partial charge in [-0.15, -0.1) is 0 Å². The lowest BCUT2D eigenvalue weighted by molar-refractivity contribution is -0.135. The number of epoxide rings is 1. The Morgan fingerprint density at radius 1 is 0.895 bits per heavy atom. The maximum atomic E-state index is 13.7. The van der Waals surface area contributed by atoms with E-state index in [2.05, 4.69) is 4.74 Å². The van der Waals surface area contributed by atoms with Gasteiger partial charge in [0.15, 0.2) is 11.4 Å². The van der Waals surface area contributed by atoms with Crippen LogP contribution in [0, 0.1) is 0 Å². The number of unbranched alkanes of at least 4 members (excludes halogenated alkanes) is 3. The number of alkyl halides is 5. The number of halogens is 5. The SMILES string of the molecule is CC1(O)OC1(C)C(F)(F)CCCCCCC(F)(F)F. The Hall–Kier alpha value is -0.430. The van der Waals surface area contributed by atoms with Gasteiger partial charge in [-0.2, -0.15) is 13.2 Å². The predicted molar refractivity (Wildman–Crippen MR) is 58.8 cm³/mol. The summed E-state index contributed by atoms with van der Waals surface area (Å²) in [4.78, 5) is 0. The molecule has 0 spiro atoms. The molecule has 1 rings (SSSR count). The second-order valence-corrected chi connectivity index (χ2v) is 5.35. The molecule has 0 aliphatic carbocycles. The maximum absolute atomic E-state index is 13.7. The molecule has 114 valence electrons. The molecule has 1 N–H and O–H groups in total. The molecule has 0 aromatic rings. The van der Waals surface area contributed by atoms with Gasteiger partial charge in [0.25, 0.3) is 5.92 Å². The minimum absolute atomic E-state index is 0.0411. The number of ether oxygens (including phenoxy) is 1. The van der Waals surface area contributed by atoms with Crippen LogP contribution in [0.15, 0.2) is 0 Å². The molecule has 0 radical (unpaired) electrons. The summed E-state index contributed by atoms with van der Waals surface area (Å²) < 4.78 is 67.6. The van der Waals surface area contributed by atoms with Gasteiger partial charge in [-0.3, -0.25) is 0 Å². The van der Waals surface area contributed by atoms with Crippen molar-refractivity contribution in [3.05, 3.63) is 0 Å². The van der Waals surface area contributed by atoms with E-state index < -0.39 is 36.3 Å². The van der Waals surface area contributed by atoms with Crippen LogP contribution in [0.3, 0.4) is 0 Å². The second-order valence-electron chi connectivity index (χ2n) is 5.35. The Balaban J connectivity index is 2.20. The fourth-order valence-corrected chi connectivity index (χ4v) is 2.05. The monoisotopic (exact) mass is 290 g/mol. The van der Waals surface area contributed by atoms with Crippen LogP contribution in [0.1, 0.15) is 52.4 Å². The Kier molecular flexibility index (Phi) is 4.52. The van der Waals surface area contributed by atoms with E-state index >= 15 is 0 Å². The van der Waals surface area contributed by atoms with Crippen LogP contribution in [0.25, 0.3) is 0 Å². The molecule has 0 saturated carbocycles. The zero-order valence-corrected chi connectivity index (χ0v) is 11.0. The lowest BCUT2D eigenvalue weighted by atomic mass is 9.93. The molecule has 0 amide bonds. The summed E-state index contributed by atoms with van der Waals surface area (Å²) in [5, 5.41) is 9.39. The molecule has 7 heteroatoms. The summed E-state index contributed by atoms with van der Waals surface area (Å²) in [6, 6.07) is 0. The van der Waals surface area contributed by atoms with Crippen molar-refractivity contribution >= 4 is 0 Å². The summed E-state index contributed by atoms with van der Waals surface area (Å²) >= 11 is 0. The van der Waals surface area contributed by atoms with Crippen molar-refractivity contribution in [3.8, 4) is 0 Å². The fraction of sp³-hybridized carbons (Fsp3) is 1.00. The van der Waals surface area contributed by atoms with Crippen LogP contribution in [0.2, 0.25) is 0 Å². The first-order chi connectivity index (χ1) is 8.41. The third kappa shape index (κ3) is 4.02. The Morgan fingerprint density at radius 3 is 1.68 bits per heavy atom. The lowest BCUT2D eigenvalue weighted by Gasteiger charge is -2.21. The number of rotatable bonds is 7. The van der Waals surface area contributed by atoms with E-state index in [9.17, 15) is 27.1 Å².